The molecule has 0 aliphatic carbocycles. The molecule has 0 saturated carbocycles. The van der Waals surface area contributed by atoms with Crippen molar-refractivity contribution in [1.29, 1.82) is 0 Å². The molecule has 16 heavy (non-hydrogen) atoms. The molecule has 1 aromatic carbocycles. The van der Waals surface area contributed by atoms with Gasteiger partial charge in [-0.3, -0.25) is 0 Å². The summed E-state index contributed by atoms with van der Waals surface area (Å²) in [7, 11) is 0. The number of carbonyl (C=O) groups is 1. The molecule has 0 spiro atoms. The molecule has 0 radical (unpaired) electrons. The van der Waals surface area contributed by atoms with E-state index in [4.69, 9.17) is 5.11 Å². The van der Waals surface area contributed by atoms with Gasteiger partial charge in [-0.15, -0.1) is 11.3 Å². The van der Waals surface area contributed by atoms with E-state index in [9.17, 15) is 9.18 Å². The largest absolute Gasteiger partial charge is 0.478 e. The molecule has 0 bridgehead atoms. The average molecular weight is 236 g/mol. The molecule has 1 aromatic heterocycles. The number of benzene rings is 1. The number of hydrogen-bond donors (Lipinski definition) is 1. The lowest BCUT2D eigenvalue weighted by Crippen LogP contribution is -2.04. The van der Waals surface area contributed by atoms with Crippen LogP contribution >= 0.6 is 11.3 Å². The number of carboxylic acids is 1. The van der Waals surface area contributed by atoms with Gasteiger partial charge in [-0.05, 0) is 23.6 Å². The van der Waals surface area contributed by atoms with E-state index in [1.54, 1.807) is 0 Å². The summed E-state index contributed by atoms with van der Waals surface area (Å²) < 4.78 is 13.5. The summed E-state index contributed by atoms with van der Waals surface area (Å²) in [6.45, 7) is 0. The Morgan fingerprint density at radius 3 is 2.75 bits per heavy atom. The van der Waals surface area contributed by atoms with Crippen molar-refractivity contribution >= 4 is 17.3 Å². The Balaban J connectivity index is 2.42. The van der Waals surface area contributed by atoms with Gasteiger partial charge >= 0.3 is 5.97 Å². The molecule has 2 rings (SSSR count). The zero-order valence-electron chi connectivity index (χ0n) is 8.31. The fraction of sp³-hybridized carbons (Fsp3) is 0.0833. The number of carboxylic acid groups (broad SMARTS) is 1. The summed E-state index contributed by atoms with van der Waals surface area (Å²) >= 11 is 1.49. The van der Waals surface area contributed by atoms with Crippen LogP contribution in [0.3, 0.4) is 0 Å². The molecule has 0 amide bonds. The fourth-order valence-corrected chi connectivity index (χ4v) is 2.24. The molecule has 0 saturated heterocycles. The zero-order valence-corrected chi connectivity index (χ0v) is 9.13. The van der Waals surface area contributed by atoms with E-state index in [0.29, 0.717) is 6.42 Å². The second-order valence-electron chi connectivity index (χ2n) is 3.33. The van der Waals surface area contributed by atoms with E-state index in [0.717, 1.165) is 4.88 Å². The van der Waals surface area contributed by atoms with Gasteiger partial charge in [0, 0.05) is 16.9 Å². The Morgan fingerprint density at radius 2 is 2.12 bits per heavy atom. The Bertz CT molecular complexity index is 506. The van der Waals surface area contributed by atoms with Gasteiger partial charge in [0.25, 0.3) is 0 Å². The van der Waals surface area contributed by atoms with Crippen LogP contribution in [0.25, 0.3) is 0 Å². The number of rotatable bonds is 3. The third-order valence-corrected chi connectivity index (χ3v) is 3.16. The Kier molecular flexibility index (Phi) is 3.01. The standard InChI is InChI=1S/C12H9FO2S/c13-11-5-1-4-9(12(14)15)10(11)7-8-3-2-6-16-8/h1-6H,7H2,(H,14,15). The molecule has 0 fully saturated rings. The predicted octanol–water partition coefficient (Wildman–Crippen LogP) is 3.18. The molecule has 4 heteroatoms. The first-order chi connectivity index (χ1) is 7.68. The number of halogens is 1. The second kappa shape index (κ2) is 4.45. The van der Waals surface area contributed by atoms with Gasteiger partial charge in [-0.1, -0.05) is 12.1 Å². The highest BCUT2D eigenvalue weighted by molar-refractivity contribution is 7.09. The molecular formula is C12H9FO2S. The fourth-order valence-electron chi connectivity index (χ4n) is 1.53. The van der Waals surface area contributed by atoms with Crippen LogP contribution in [0.1, 0.15) is 20.8 Å². The average Bonchev–Trinajstić information content (AvgIpc) is 2.73. The summed E-state index contributed by atoms with van der Waals surface area (Å²) in [5, 5.41) is 10.8. The maximum atomic E-state index is 13.5. The zero-order chi connectivity index (χ0) is 11.5. The molecular weight excluding hydrogens is 227 g/mol. The van der Waals surface area contributed by atoms with Crippen LogP contribution < -0.4 is 0 Å². The predicted molar refractivity (Wildman–Crippen MR) is 60.5 cm³/mol. The second-order valence-corrected chi connectivity index (χ2v) is 4.36. The van der Waals surface area contributed by atoms with Gasteiger partial charge < -0.3 is 5.11 Å². The van der Waals surface area contributed by atoms with Gasteiger partial charge in [0.15, 0.2) is 0 Å². The smallest absolute Gasteiger partial charge is 0.336 e. The van der Waals surface area contributed by atoms with Crippen LogP contribution in [0.2, 0.25) is 0 Å². The van der Waals surface area contributed by atoms with E-state index in [-0.39, 0.29) is 11.1 Å². The van der Waals surface area contributed by atoms with Crippen molar-refractivity contribution in [1.82, 2.24) is 0 Å². The van der Waals surface area contributed by atoms with E-state index < -0.39 is 11.8 Å². The molecule has 2 nitrogen and oxygen atoms in total. The lowest BCUT2D eigenvalue weighted by molar-refractivity contribution is 0.0695. The van der Waals surface area contributed by atoms with Gasteiger partial charge in [-0.25, -0.2) is 9.18 Å². The van der Waals surface area contributed by atoms with Gasteiger partial charge in [-0.2, -0.15) is 0 Å². The third kappa shape index (κ3) is 2.12. The molecule has 0 aliphatic heterocycles. The van der Waals surface area contributed by atoms with Crippen molar-refractivity contribution in [2.45, 2.75) is 6.42 Å². The first-order valence-electron chi connectivity index (χ1n) is 4.71. The monoisotopic (exact) mass is 236 g/mol. The summed E-state index contributed by atoms with van der Waals surface area (Å²) in [6.07, 6.45) is 0.325. The highest BCUT2D eigenvalue weighted by atomic mass is 32.1. The minimum Gasteiger partial charge on any atom is -0.478 e. The SMILES string of the molecule is O=C(O)c1cccc(F)c1Cc1cccs1. The minimum absolute atomic E-state index is 0.0356. The number of hydrogen-bond acceptors (Lipinski definition) is 2. The molecule has 0 atom stereocenters. The minimum atomic E-state index is -1.09. The van der Waals surface area contributed by atoms with Gasteiger partial charge in [0.1, 0.15) is 5.82 Å². The Morgan fingerprint density at radius 1 is 1.31 bits per heavy atom. The molecule has 0 unspecified atom stereocenters. The van der Waals surface area contributed by atoms with Crippen LogP contribution in [0.15, 0.2) is 35.7 Å². The van der Waals surface area contributed by atoms with Crippen LogP contribution in [0.4, 0.5) is 4.39 Å². The lowest BCUT2D eigenvalue weighted by atomic mass is 10.0. The molecule has 0 aliphatic rings. The normalized spacial score (nSPS) is 10.3. The van der Waals surface area contributed by atoms with Crippen LogP contribution in [0, 0.1) is 5.82 Å². The molecule has 82 valence electrons. The quantitative estimate of drug-likeness (QED) is 0.888. The Labute approximate surface area is 96.0 Å². The van der Waals surface area contributed by atoms with Crippen molar-refractivity contribution < 1.29 is 14.3 Å². The summed E-state index contributed by atoms with van der Waals surface area (Å²) in [4.78, 5) is 11.9. The van der Waals surface area contributed by atoms with Gasteiger partial charge in [0.05, 0.1) is 5.56 Å². The van der Waals surface area contributed by atoms with E-state index in [1.807, 2.05) is 17.5 Å². The van der Waals surface area contributed by atoms with E-state index >= 15 is 0 Å². The van der Waals surface area contributed by atoms with Crippen molar-refractivity contribution in [3.8, 4) is 0 Å². The van der Waals surface area contributed by atoms with Crippen LogP contribution in [-0.4, -0.2) is 11.1 Å². The number of thiophene rings is 1. The van der Waals surface area contributed by atoms with Crippen LogP contribution in [-0.2, 0) is 6.42 Å². The highest BCUT2D eigenvalue weighted by Gasteiger charge is 2.14. The van der Waals surface area contributed by atoms with Crippen LogP contribution in [0.5, 0.6) is 0 Å². The molecule has 1 N–H and O–H groups in total. The summed E-state index contributed by atoms with van der Waals surface area (Å²) in [5.41, 5.74) is 0.283. The highest BCUT2D eigenvalue weighted by Crippen LogP contribution is 2.20. The van der Waals surface area contributed by atoms with Crippen molar-refractivity contribution in [2.75, 3.05) is 0 Å². The maximum Gasteiger partial charge on any atom is 0.336 e. The first kappa shape index (κ1) is 10.8. The summed E-state index contributed by atoms with van der Waals surface area (Å²) in [5.74, 6) is -1.56. The molecule has 2 aromatic rings. The van der Waals surface area contributed by atoms with E-state index in [1.165, 1.54) is 29.5 Å². The summed E-state index contributed by atoms with van der Waals surface area (Å²) in [6, 6.07) is 7.85. The van der Waals surface area contributed by atoms with Crippen molar-refractivity contribution in [3.63, 3.8) is 0 Å². The topological polar surface area (TPSA) is 37.3 Å². The van der Waals surface area contributed by atoms with E-state index in [2.05, 4.69) is 0 Å². The van der Waals surface area contributed by atoms with Crippen molar-refractivity contribution in [2.24, 2.45) is 0 Å². The lowest BCUT2D eigenvalue weighted by Gasteiger charge is -2.05. The van der Waals surface area contributed by atoms with Crippen molar-refractivity contribution in [3.05, 3.63) is 57.5 Å². The maximum absolute atomic E-state index is 13.5. The number of aromatic carboxylic acids is 1. The molecule has 1 heterocycles. The van der Waals surface area contributed by atoms with Gasteiger partial charge in [0.2, 0.25) is 0 Å². The Hall–Kier alpha value is -1.68. The first-order valence-corrected chi connectivity index (χ1v) is 5.59. The third-order valence-electron chi connectivity index (χ3n) is 2.28.